The van der Waals surface area contributed by atoms with E-state index in [2.05, 4.69) is 18.7 Å². The Balaban J connectivity index is 1.35. The molecule has 0 atom stereocenters. The van der Waals surface area contributed by atoms with Crippen LogP contribution in [0.2, 0.25) is 0 Å². The van der Waals surface area contributed by atoms with Crippen molar-refractivity contribution in [3.05, 3.63) is 133 Å². The van der Waals surface area contributed by atoms with Gasteiger partial charge < -0.3 is 23.2 Å². The molecular weight excluding hydrogens is 554 g/mol. The lowest BCUT2D eigenvalue weighted by Crippen LogP contribution is -2.67. The summed E-state index contributed by atoms with van der Waals surface area (Å²) < 4.78 is 25.7. The second-order valence-corrected chi connectivity index (χ2v) is 14.1. The predicted molar refractivity (Wildman–Crippen MR) is 173 cm³/mol. The number of rotatable bonds is 13. The Morgan fingerprint density at radius 1 is 0.837 bits per heavy atom. The fourth-order valence-corrected chi connectivity index (χ4v) is 8.89. The van der Waals surface area contributed by atoms with Gasteiger partial charge in [0, 0.05) is 24.7 Å². The second-order valence-electron chi connectivity index (χ2n) is 11.2. The summed E-state index contributed by atoms with van der Waals surface area (Å²) in [6, 6.07) is 36.3. The highest BCUT2D eigenvalue weighted by Gasteiger charge is 2.47. The minimum absolute atomic E-state index is 0.253. The third-order valence-corrected chi connectivity index (χ3v) is 11.1. The standard InChI is InChI=1S/C36H39NO5Si/c1-5-25-39-27-36(2,3)42-43(28-16-8-6-9-17-28,29-18-10-7-11-19-29)40-26-24-37(4)35(38)41-34-32-22-14-12-20-30(32)31-21-13-15-23-33(31)34/h5-23,34H,1,24-27H2,2-4H3. The van der Waals surface area contributed by atoms with Crippen molar-refractivity contribution in [3.63, 3.8) is 0 Å². The molecule has 0 aromatic heterocycles. The zero-order valence-electron chi connectivity index (χ0n) is 25.1. The summed E-state index contributed by atoms with van der Waals surface area (Å²) in [7, 11) is -1.52. The van der Waals surface area contributed by atoms with Gasteiger partial charge in [0.05, 0.1) is 25.4 Å². The van der Waals surface area contributed by atoms with E-state index in [4.69, 9.17) is 18.3 Å². The van der Waals surface area contributed by atoms with Gasteiger partial charge in [0.15, 0.2) is 6.10 Å². The van der Waals surface area contributed by atoms with Crippen molar-refractivity contribution in [1.82, 2.24) is 4.90 Å². The van der Waals surface area contributed by atoms with Crippen LogP contribution in [-0.2, 0) is 18.3 Å². The van der Waals surface area contributed by atoms with Crippen molar-refractivity contribution in [3.8, 4) is 11.1 Å². The van der Waals surface area contributed by atoms with Crippen molar-refractivity contribution in [2.24, 2.45) is 0 Å². The quantitative estimate of drug-likeness (QED) is 0.107. The van der Waals surface area contributed by atoms with Crippen molar-refractivity contribution < 1.29 is 23.1 Å². The third-order valence-electron chi connectivity index (χ3n) is 7.45. The number of amides is 1. The molecule has 6 nitrogen and oxygen atoms in total. The molecule has 0 aliphatic heterocycles. The molecule has 0 N–H and O–H groups in total. The Morgan fingerprint density at radius 2 is 1.35 bits per heavy atom. The summed E-state index contributed by atoms with van der Waals surface area (Å²) in [5.74, 6) is 0. The number of likely N-dealkylation sites (N-methyl/N-ethyl adjacent to an activating group) is 1. The lowest BCUT2D eigenvalue weighted by Gasteiger charge is -2.39. The van der Waals surface area contributed by atoms with Gasteiger partial charge in [0.2, 0.25) is 0 Å². The van der Waals surface area contributed by atoms with Crippen LogP contribution >= 0.6 is 0 Å². The second kappa shape index (κ2) is 13.5. The molecule has 222 valence electrons. The first-order valence-corrected chi connectivity index (χ1v) is 16.4. The van der Waals surface area contributed by atoms with Crippen molar-refractivity contribution in [1.29, 1.82) is 0 Å². The van der Waals surface area contributed by atoms with E-state index < -0.39 is 26.4 Å². The molecule has 43 heavy (non-hydrogen) atoms. The van der Waals surface area contributed by atoms with Gasteiger partial charge in [-0.25, -0.2) is 4.79 Å². The van der Waals surface area contributed by atoms with Gasteiger partial charge in [-0.1, -0.05) is 115 Å². The van der Waals surface area contributed by atoms with Crippen molar-refractivity contribution in [2.45, 2.75) is 25.6 Å². The van der Waals surface area contributed by atoms with Gasteiger partial charge in [-0.15, -0.1) is 6.58 Å². The molecule has 1 amide bonds. The van der Waals surface area contributed by atoms with Crippen LogP contribution in [0.5, 0.6) is 0 Å². The van der Waals surface area contributed by atoms with Gasteiger partial charge in [-0.3, -0.25) is 0 Å². The largest absolute Gasteiger partial charge is 0.436 e. The lowest BCUT2D eigenvalue weighted by atomic mass is 10.1. The fourth-order valence-electron chi connectivity index (χ4n) is 5.45. The van der Waals surface area contributed by atoms with E-state index >= 15 is 0 Å². The minimum atomic E-state index is -3.26. The maximum Gasteiger partial charge on any atom is 0.410 e. The Labute approximate surface area is 255 Å². The van der Waals surface area contributed by atoms with Crippen LogP contribution in [0.3, 0.4) is 0 Å². The van der Waals surface area contributed by atoms with E-state index in [1.165, 1.54) is 0 Å². The average molecular weight is 594 g/mol. The lowest BCUT2D eigenvalue weighted by molar-refractivity contribution is -0.0155. The average Bonchev–Trinajstić information content (AvgIpc) is 3.34. The van der Waals surface area contributed by atoms with Crippen LogP contribution in [0.4, 0.5) is 4.79 Å². The fraction of sp³-hybridized carbons (Fsp3) is 0.250. The molecule has 0 heterocycles. The van der Waals surface area contributed by atoms with Crippen LogP contribution < -0.4 is 10.4 Å². The number of ether oxygens (including phenoxy) is 2. The van der Waals surface area contributed by atoms with E-state index in [1.807, 2.05) is 111 Å². The molecule has 1 aliphatic rings. The van der Waals surface area contributed by atoms with Crippen LogP contribution in [0.25, 0.3) is 11.1 Å². The molecule has 0 saturated heterocycles. The highest BCUT2D eigenvalue weighted by molar-refractivity contribution is 6.92. The molecular formula is C36H39NO5Si. The Hall–Kier alpha value is -4.01. The first-order valence-electron chi connectivity index (χ1n) is 14.6. The van der Waals surface area contributed by atoms with Gasteiger partial charge in [-0.05, 0) is 35.3 Å². The van der Waals surface area contributed by atoms with Crippen LogP contribution in [0.1, 0.15) is 31.1 Å². The molecule has 1 aliphatic carbocycles. The number of fused-ring (bicyclic) bond motifs is 3. The monoisotopic (exact) mass is 593 g/mol. The summed E-state index contributed by atoms with van der Waals surface area (Å²) in [5.41, 5.74) is 3.53. The highest BCUT2D eigenvalue weighted by Crippen LogP contribution is 2.45. The van der Waals surface area contributed by atoms with Crippen molar-refractivity contribution in [2.75, 3.05) is 33.4 Å². The normalized spacial score (nSPS) is 12.8. The molecule has 4 aromatic carbocycles. The SMILES string of the molecule is C=CCOCC(C)(C)O[Si](OCCN(C)C(=O)OC1c2ccccc2-c2ccccc21)(c1ccccc1)c1ccccc1. The summed E-state index contributed by atoms with van der Waals surface area (Å²) in [6.07, 6.45) is 0.861. The number of nitrogens with zero attached hydrogens (tertiary/aromatic N) is 1. The minimum Gasteiger partial charge on any atom is -0.436 e. The summed E-state index contributed by atoms with van der Waals surface area (Å²) in [4.78, 5) is 15.0. The zero-order chi connectivity index (χ0) is 30.3. The molecule has 0 radical (unpaired) electrons. The van der Waals surface area contributed by atoms with E-state index in [-0.39, 0.29) is 6.61 Å². The van der Waals surface area contributed by atoms with Crippen LogP contribution in [-0.4, -0.2) is 58.6 Å². The highest BCUT2D eigenvalue weighted by atomic mass is 28.4. The molecule has 5 rings (SSSR count). The molecule has 0 spiro atoms. The third kappa shape index (κ3) is 6.81. The number of hydrogen-bond acceptors (Lipinski definition) is 5. The first kappa shape index (κ1) is 30.4. The molecule has 0 bridgehead atoms. The predicted octanol–water partition coefficient (Wildman–Crippen LogP) is 6.10. The Bertz CT molecular complexity index is 1440. The van der Waals surface area contributed by atoms with Gasteiger partial charge >= 0.3 is 14.7 Å². The molecule has 0 fully saturated rings. The van der Waals surface area contributed by atoms with Gasteiger partial charge in [-0.2, -0.15) is 0 Å². The van der Waals surface area contributed by atoms with Gasteiger partial charge in [0.1, 0.15) is 0 Å². The first-order chi connectivity index (χ1) is 20.8. The van der Waals surface area contributed by atoms with E-state index in [0.717, 1.165) is 32.6 Å². The molecule has 0 unspecified atom stereocenters. The maximum absolute atomic E-state index is 13.4. The topological polar surface area (TPSA) is 57.2 Å². The van der Waals surface area contributed by atoms with Crippen molar-refractivity contribution >= 4 is 25.0 Å². The maximum atomic E-state index is 13.4. The molecule has 0 saturated carbocycles. The van der Waals surface area contributed by atoms with Crippen LogP contribution in [0, 0.1) is 0 Å². The summed E-state index contributed by atoms with van der Waals surface area (Å²) in [6.45, 7) is 9.14. The van der Waals surface area contributed by atoms with Crippen LogP contribution in [0.15, 0.2) is 122 Å². The van der Waals surface area contributed by atoms with E-state index in [0.29, 0.717) is 19.8 Å². The number of benzene rings is 4. The number of carbonyl (C=O) groups is 1. The number of hydrogen-bond donors (Lipinski definition) is 0. The summed E-state index contributed by atoms with van der Waals surface area (Å²) in [5, 5.41) is 1.95. The smallest absolute Gasteiger partial charge is 0.410 e. The van der Waals surface area contributed by atoms with E-state index in [1.54, 1.807) is 18.0 Å². The summed E-state index contributed by atoms with van der Waals surface area (Å²) >= 11 is 0. The Morgan fingerprint density at radius 3 is 1.88 bits per heavy atom. The molecule has 4 aromatic rings. The number of carbonyl (C=O) groups excluding carboxylic acids is 1. The molecule has 7 heteroatoms. The van der Waals surface area contributed by atoms with Gasteiger partial charge in [0.25, 0.3) is 0 Å². The Kier molecular flexibility index (Phi) is 9.58. The zero-order valence-corrected chi connectivity index (χ0v) is 26.1. The van der Waals surface area contributed by atoms with E-state index in [9.17, 15) is 4.79 Å².